The summed E-state index contributed by atoms with van der Waals surface area (Å²) in [5, 5.41) is 4.13. The number of benzene rings is 1. The summed E-state index contributed by atoms with van der Waals surface area (Å²) in [6.45, 7) is 1.12. The zero-order chi connectivity index (χ0) is 15.7. The van der Waals surface area contributed by atoms with Crippen molar-refractivity contribution in [1.82, 2.24) is 14.7 Å². The van der Waals surface area contributed by atoms with E-state index in [9.17, 15) is 9.18 Å². The predicted molar refractivity (Wildman–Crippen MR) is 83.6 cm³/mol. The summed E-state index contributed by atoms with van der Waals surface area (Å²) in [6, 6.07) is 6.63. The van der Waals surface area contributed by atoms with E-state index in [1.807, 2.05) is 6.07 Å². The molecule has 116 valence electrons. The van der Waals surface area contributed by atoms with Crippen LogP contribution in [0.2, 0.25) is 10.0 Å². The molecule has 22 heavy (non-hydrogen) atoms. The van der Waals surface area contributed by atoms with E-state index in [2.05, 4.69) is 10.00 Å². The maximum atomic E-state index is 13.4. The van der Waals surface area contributed by atoms with Gasteiger partial charge in [0.2, 0.25) is 0 Å². The standard InChI is InChI=1S/C15H14Cl2FN3O/c16-12-8-19-21(15(22)14(12)17)9-20-6-2-5-13(20)10-3-1-4-11(18)7-10/h1,3-4,7-8,13H,2,5-6,9H2/t13-/m0/s1. The van der Waals surface area contributed by atoms with Crippen LogP contribution in [0, 0.1) is 5.82 Å². The minimum absolute atomic E-state index is 0.0295. The first kappa shape index (κ1) is 15.5. The Hall–Kier alpha value is -1.43. The summed E-state index contributed by atoms with van der Waals surface area (Å²) >= 11 is 11.7. The topological polar surface area (TPSA) is 38.1 Å². The van der Waals surface area contributed by atoms with E-state index in [1.165, 1.54) is 23.0 Å². The third-order valence-electron chi connectivity index (χ3n) is 3.86. The number of hydrogen-bond acceptors (Lipinski definition) is 3. The molecule has 0 spiro atoms. The molecule has 0 N–H and O–H groups in total. The molecule has 2 heterocycles. The summed E-state index contributed by atoms with van der Waals surface area (Å²) in [4.78, 5) is 14.2. The number of aromatic nitrogens is 2. The van der Waals surface area contributed by atoms with Crippen LogP contribution in [0.4, 0.5) is 4.39 Å². The molecule has 0 aliphatic carbocycles. The number of rotatable bonds is 3. The van der Waals surface area contributed by atoms with Crippen molar-refractivity contribution < 1.29 is 4.39 Å². The second kappa shape index (κ2) is 6.36. The predicted octanol–water partition coefficient (Wildman–Crippen LogP) is 3.48. The molecule has 1 aliphatic rings. The fourth-order valence-electron chi connectivity index (χ4n) is 2.80. The van der Waals surface area contributed by atoms with E-state index < -0.39 is 5.56 Å². The van der Waals surface area contributed by atoms with Crippen LogP contribution in [0.25, 0.3) is 0 Å². The van der Waals surface area contributed by atoms with Crippen LogP contribution in [0.15, 0.2) is 35.3 Å². The van der Waals surface area contributed by atoms with Crippen LogP contribution in [0.3, 0.4) is 0 Å². The summed E-state index contributed by atoms with van der Waals surface area (Å²) in [6.07, 6.45) is 3.26. The van der Waals surface area contributed by atoms with Crippen molar-refractivity contribution in [3.63, 3.8) is 0 Å². The van der Waals surface area contributed by atoms with Gasteiger partial charge in [0.15, 0.2) is 0 Å². The van der Waals surface area contributed by atoms with Gasteiger partial charge in [-0.15, -0.1) is 0 Å². The second-order valence-corrected chi connectivity index (χ2v) is 6.06. The lowest BCUT2D eigenvalue weighted by atomic mass is 10.0. The van der Waals surface area contributed by atoms with Gasteiger partial charge >= 0.3 is 0 Å². The van der Waals surface area contributed by atoms with Gasteiger partial charge in [-0.05, 0) is 30.5 Å². The van der Waals surface area contributed by atoms with Crippen molar-refractivity contribution in [2.45, 2.75) is 25.6 Å². The molecule has 3 rings (SSSR count). The molecule has 0 radical (unpaired) electrons. The molecule has 0 amide bonds. The van der Waals surface area contributed by atoms with Crippen LogP contribution in [-0.2, 0) is 6.67 Å². The Bertz CT molecular complexity index is 750. The third kappa shape index (κ3) is 3.02. The average Bonchev–Trinajstić information content (AvgIpc) is 2.96. The molecule has 7 heteroatoms. The van der Waals surface area contributed by atoms with Crippen molar-refractivity contribution in [3.8, 4) is 0 Å². The van der Waals surface area contributed by atoms with E-state index in [0.29, 0.717) is 6.67 Å². The summed E-state index contributed by atoms with van der Waals surface area (Å²) in [5.74, 6) is -0.255. The molecular weight excluding hydrogens is 328 g/mol. The highest BCUT2D eigenvalue weighted by atomic mass is 35.5. The number of hydrogen-bond donors (Lipinski definition) is 0. The van der Waals surface area contributed by atoms with Crippen molar-refractivity contribution in [3.05, 3.63) is 62.2 Å². The molecule has 0 saturated carbocycles. The van der Waals surface area contributed by atoms with E-state index in [-0.39, 0.29) is 21.9 Å². The van der Waals surface area contributed by atoms with Crippen LogP contribution >= 0.6 is 23.2 Å². The van der Waals surface area contributed by atoms with E-state index in [4.69, 9.17) is 23.2 Å². The van der Waals surface area contributed by atoms with Gasteiger partial charge in [-0.25, -0.2) is 9.07 Å². The molecule has 1 fully saturated rings. The highest BCUT2D eigenvalue weighted by molar-refractivity contribution is 6.41. The maximum Gasteiger partial charge on any atom is 0.288 e. The molecule has 1 aliphatic heterocycles. The van der Waals surface area contributed by atoms with Gasteiger partial charge in [0.05, 0.1) is 17.9 Å². The lowest BCUT2D eigenvalue weighted by Gasteiger charge is -2.25. The van der Waals surface area contributed by atoms with E-state index in [1.54, 1.807) is 6.07 Å². The van der Waals surface area contributed by atoms with Crippen LogP contribution < -0.4 is 5.56 Å². The zero-order valence-electron chi connectivity index (χ0n) is 11.7. The Kier molecular flexibility index (Phi) is 4.47. The van der Waals surface area contributed by atoms with Crippen LogP contribution in [0.5, 0.6) is 0 Å². The first-order valence-electron chi connectivity index (χ1n) is 6.97. The Morgan fingerprint density at radius 3 is 2.95 bits per heavy atom. The molecule has 2 aromatic rings. The summed E-state index contributed by atoms with van der Waals surface area (Å²) in [7, 11) is 0. The lowest BCUT2D eigenvalue weighted by molar-refractivity contribution is 0.186. The normalized spacial score (nSPS) is 18.8. The van der Waals surface area contributed by atoms with Gasteiger partial charge in [0.25, 0.3) is 5.56 Å². The van der Waals surface area contributed by atoms with Gasteiger partial charge in [-0.1, -0.05) is 35.3 Å². The Morgan fingerprint density at radius 1 is 1.36 bits per heavy atom. The first-order chi connectivity index (χ1) is 10.6. The zero-order valence-corrected chi connectivity index (χ0v) is 13.2. The second-order valence-electron chi connectivity index (χ2n) is 5.28. The van der Waals surface area contributed by atoms with Gasteiger partial charge in [-0.2, -0.15) is 5.10 Å². The first-order valence-corrected chi connectivity index (χ1v) is 7.72. The number of likely N-dealkylation sites (tertiary alicyclic amines) is 1. The molecule has 1 aromatic heterocycles. The number of halogens is 3. The average molecular weight is 342 g/mol. The van der Waals surface area contributed by atoms with E-state index >= 15 is 0 Å². The minimum Gasteiger partial charge on any atom is -0.277 e. The van der Waals surface area contributed by atoms with Crippen molar-refractivity contribution in [2.75, 3.05) is 6.54 Å². The van der Waals surface area contributed by atoms with Crippen LogP contribution in [-0.4, -0.2) is 21.2 Å². The highest BCUT2D eigenvalue weighted by Gasteiger charge is 2.27. The molecule has 1 saturated heterocycles. The van der Waals surface area contributed by atoms with E-state index in [0.717, 1.165) is 24.9 Å². The molecular formula is C15H14Cl2FN3O. The van der Waals surface area contributed by atoms with Gasteiger partial charge in [-0.3, -0.25) is 9.69 Å². The Labute approximate surface area is 137 Å². The maximum absolute atomic E-state index is 13.4. The van der Waals surface area contributed by atoms with Gasteiger partial charge in [0, 0.05) is 12.6 Å². The van der Waals surface area contributed by atoms with Crippen molar-refractivity contribution in [1.29, 1.82) is 0 Å². The largest absolute Gasteiger partial charge is 0.288 e. The lowest BCUT2D eigenvalue weighted by Crippen LogP contribution is -2.33. The molecule has 4 nitrogen and oxygen atoms in total. The van der Waals surface area contributed by atoms with Gasteiger partial charge in [0.1, 0.15) is 10.8 Å². The third-order valence-corrected chi connectivity index (χ3v) is 4.60. The van der Waals surface area contributed by atoms with Crippen molar-refractivity contribution >= 4 is 23.2 Å². The molecule has 0 unspecified atom stereocenters. The fraction of sp³-hybridized carbons (Fsp3) is 0.333. The molecule has 0 bridgehead atoms. The Balaban J connectivity index is 1.86. The molecule has 1 aromatic carbocycles. The Morgan fingerprint density at radius 2 is 2.18 bits per heavy atom. The summed E-state index contributed by atoms with van der Waals surface area (Å²) in [5.41, 5.74) is 0.490. The van der Waals surface area contributed by atoms with Crippen LogP contribution in [0.1, 0.15) is 24.4 Å². The number of nitrogens with zero attached hydrogens (tertiary/aromatic N) is 3. The monoisotopic (exact) mass is 341 g/mol. The summed E-state index contributed by atoms with van der Waals surface area (Å²) < 4.78 is 14.7. The minimum atomic E-state index is -0.418. The molecule has 1 atom stereocenters. The smallest absolute Gasteiger partial charge is 0.277 e. The quantitative estimate of drug-likeness (QED) is 0.857. The van der Waals surface area contributed by atoms with Gasteiger partial charge < -0.3 is 0 Å². The highest BCUT2D eigenvalue weighted by Crippen LogP contribution is 2.32. The van der Waals surface area contributed by atoms with Crippen molar-refractivity contribution in [2.24, 2.45) is 0 Å². The SMILES string of the molecule is O=c1c(Cl)c(Cl)cnn1CN1CCC[C@H]1c1cccc(F)c1. The fourth-order valence-corrected chi connectivity index (χ4v) is 3.08.